The number of carbonyl (C=O) groups excluding carboxylic acids is 1. The number of hydrogen-bond acceptors (Lipinski definition) is 3. The van der Waals surface area contributed by atoms with Crippen LogP contribution < -0.4 is 5.32 Å². The lowest BCUT2D eigenvalue weighted by molar-refractivity contribution is 0.0702. The number of carbonyl (C=O) groups is 2. The molecule has 0 aliphatic rings. The van der Waals surface area contributed by atoms with Gasteiger partial charge in [0.2, 0.25) is 0 Å². The molecular formula is C14H11Cl2NO3S. The van der Waals surface area contributed by atoms with Gasteiger partial charge in [-0.3, -0.25) is 4.79 Å². The van der Waals surface area contributed by atoms with E-state index in [0.29, 0.717) is 14.9 Å². The lowest BCUT2D eigenvalue weighted by atomic mass is 10.1. The first-order valence-corrected chi connectivity index (χ1v) is 7.54. The van der Waals surface area contributed by atoms with Gasteiger partial charge in [-0.1, -0.05) is 29.3 Å². The largest absolute Gasteiger partial charge is 0.477 e. The van der Waals surface area contributed by atoms with Crippen LogP contribution in [0, 0.1) is 0 Å². The molecule has 1 atom stereocenters. The van der Waals surface area contributed by atoms with Crippen LogP contribution in [-0.2, 0) is 0 Å². The number of amides is 1. The first-order valence-electron chi connectivity index (χ1n) is 5.97. The highest BCUT2D eigenvalue weighted by atomic mass is 35.5. The predicted molar refractivity (Wildman–Crippen MR) is 83.6 cm³/mol. The summed E-state index contributed by atoms with van der Waals surface area (Å²) in [4.78, 5) is 23.3. The second-order valence-corrected chi connectivity index (χ2v) is 6.26. The van der Waals surface area contributed by atoms with Gasteiger partial charge in [0.05, 0.1) is 10.9 Å². The molecule has 1 aromatic carbocycles. The molecule has 0 fully saturated rings. The summed E-state index contributed by atoms with van der Waals surface area (Å²) in [6, 6.07) is 7.61. The normalized spacial score (nSPS) is 12.0. The molecule has 0 radical (unpaired) electrons. The van der Waals surface area contributed by atoms with Crippen molar-refractivity contribution in [2.45, 2.75) is 13.0 Å². The van der Waals surface area contributed by atoms with E-state index in [1.165, 1.54) is 12.1 Å². The Hall–Kier alpha value is -1.56. The van der Waals surface area contributed by atoms with Gasteiger partial charge in [-0.25, -0.2) is 4.79 Å². The third kappa shape index (κ3) is 3.75. The highest BCUT2D eigenvalue weighted by Crippen LogP contribution is 2.26. The summed E-state index contributed by atoms with van der Waals surface area (Å²) in [5.74, 6) is -1.39. The molecule has 110 valence electrons. The first-order chi connectivity index (χ1) is 9.88. The Labute approximate surface area is 135 Å². The Morgan fingerprint density at radius 1 is 1.19 bits per heavy atom. The van der Waals surface area contributed by atoms with Crippen LogP contribution in [0.3, 0.4) is 0 Å². The van der Waals surface area contributed by atoms with Crippen molar-refractivity contribution in [3.8, 4) is 0 Å². The van der Waals surface area contributed by atoms with Crippen molar-refractivity contribution in [2.24, 2.45) is 0 Å². The van der Waals surface area contributed by atoms with E-state index >= 15 is 0 Å². The van der Waals surface area contributed by atoms with Crippen LogP contribution >= 0.6 is 34.5 Å². The molecule has 1 aromatic heterocycles. The molecule has 2 aromatic rings. The van der Waals surface area contributed by atoms with Gasteiger partial charge in [0.15, 0.2) is 0 Å². The fourth-order valence-corrected chi connectivity index (χ4v) is 3.09. The van der Waals surface area contributed by atoms with E-state index in [4.69, 9.17) is 28.3 Å². The average molecular weight is 344 g/mol. The van der Waals surface area contributed by atoms with Crippen LogP contribution in [0.2, 0.25) is 10.0 Å². The van der Waals surface area contributed by atoms with E-state index in [0.717, 1.165) is 16.9 Å². The molecule has 0 aliphatic heterocycles. The Balaban J connectivity index is 2.12. The molecule has 0 aliphatic carbocycles. The average Bonchev–Trinajstić information content (AvgIpc) is 2.88. The van der Waals surface area contributed by atoms with Crippen LogP contribution in [0.25, 0.3) is 0 Å². The Morgan fingerprint density at radius 3 is 2.43 bits per heavy atom. The zero-order valence-corrected chi connectivity index (χ0v) is 13.2. The summed E-state index contributed by atoms with van der Waals surface area (Å²) in [7, 11) is 0. The molecule has 21 heavy (non-hydrogen) atoms. The van der Waals surface area contributed by atoms with E-state index in [1.54, 1.807) is 25.1 Å². The number of carboxylic acid groups (broad SMARTS) is 1. The molecule has 0 bridgehead atoms. The molecule has 1 amide bonds. The maximum absolute atomic E-state index is 12.1. The van der Waals surface area contributed by atoms with Crippen molar-refractivity contribution in [2.75, 3.05) is 0 Å². The fraction of sp³-hybridized carbons (Fsp3) is 0.143. The van der Waals surface area contributed by atoms with Gasteiger partial charge in [-0.2, -0.15) is 0 Å². The second kappa shape index (κ2) is 6.47. The summed E-state index contributed by atoms with van der Waals surface area (Å²) in [5.41, 5.74) is 0.740. The van der Waals surface area contributed by atoms with Crippen LogP contribution in [0.4, 0.5) is 0 Å². The maximum atomic E-state index is 12.1. The minimum absolute atomic E-state index is 0.123. The van der Waals surface area contributed by atoms with Crippen molar-refractivity contribution >= 4 is 46.4 Å². The Kier molecular flexibility index (Phi) is 4.88. The predicted octanol–water partition coefficient (Wildman–Crippen LogP) is 4.24. The van der Waals surface area contributed by atoms with E-state index in [2.05, 4.69) is 5.32 Å². The second-order valence-electron chi connectivity index (χ2n) is 4.33. The van der Waals surface area contributed by atoms with Gasteiger partial charge in [0, 0.05) is 10.0 Å². The molecule has 0 saturated carbocycles. The van der Waals surface area contributed by atoms with Gasteiger partial charge < -0.3 is 10.4 Å². The van der Waals surface area contributed by atoms with Crippen molar-refractivity contribution in [1.82, 2.24) is 5.32 Å². The maximum Gasteiger partial charge on any atom is 0.345 e. The number of carboxylic acids is 1. The minimum atomic E-state index is -1.05. The smallest absolute Gasteiger partial charge is 0.345 e. The molecule has 7 heteroatoms. The van der Waals surface area contributed by atoms with Gasteiger partial charge in [0.1, 0.15) is 4.88 Å². The minimum Gasteiger partial charge on any atom is -0.477 e. The zero-order valence-electron chi connectivity index (χ0n) is 10.9. The summed E-state index contributed by atoms with van der Waals surface area (Å²) in [6.07, 6.45) is 0. The third-order valence-electron chi connectivity index (χ3n) is 2.82. The van der Waals surface area contributed by atoms with Gasteiger partial charge >= 0.3 is 5.97 Å². The zero-order chi connectivity index (χ0) is 15.6. The Bertz CT molecular complexity index is 699. The standard InChI is InChI=1S/C14H11Cl2NO3S/c1-7(9-3-2-8(15)6-10(9)16)17-13(18)11-4-5-12(21-11)14(19)20/h2-7H,1H3,(H,17,18)(H,19,20). The van der Waals surface area contributed by atoms with E-state index in [-0.39, 0.29) is 16.8 Å². The third-order valence-corrected chi connectivity index (χ3v) is 4.45. The summed E-state index contributed by atoms with van der Waals surface area (Å²) < 4.78 is 0. The van der Waals surface area contributed by atoms with E-state index in [1.807, 2.05) is 0 Å². The fourth-order valence-electron chi connectivity index (χ4n) is 1.77. The molecule has 0 spiro atoms. The number of thiophene rings is 1. The van der Waals surface area contributed by atoms with E-state index in [9.17, 15) is 9.59 Å². The number of nitrogens with one attached hydrogen (secondary N) is 1. The van der Waals surface area contributed by atoms with Crippen molar-refractivity contribution in [3.63, 3.8) is 0 Å². The summed E-state index contributed by atoms with van der Waals surface area (Å²) >= 11 is 12.8. The molecule has 2 rings (SSSR count). The van der Waals surface area contributed by atoms with Crippen molar-refractivity contribution in [3.05, 3.63) is 55.7 Å². The topological polar surface area (TPSA) is 66.4 Å². The monoisotopic (exact) mass is 343 g/mol. The number of rotatable bonds is 4. The quantitative estimate of drug-likeness (QED) is 0.872. The number of halogens is 2. The van der Waals surface area contributed by atoms with Crippen LogP contribution in [-0.4, -0.2) is 17.0 Å². The molecular weight excluding hydrogens is 333 g/mol. The van der Waals surface area contributed by atoms with Crippen LogP contribution in [0.15, 0.2) is 30.3 Å². The molecule has 2 N–H and O–H groups in total. The molecule has 4 nitrogen and oxygen atoms in total. The van der Waals surface area contributed by atoms with Crippen molar-refractivity contribution in [1.29, 1.82) is 0 Å². The van der Waals surface area contributed by atoms with Gasteiger partial charge in [-0.05, 0) is 36.8 Å². The van der Waals surface area contributed by atoms with E-state index < -0.39 is 5.97 Å². The van der Waals surface area contributed by atoms with Crippen LogP contribution in [0.1, 0.15) is 37.9 Å². The molecule has 1 unspecified atom stereocenters. The number of aromatic carboxylic acids is 1. The lowest BCUT2D eigenvalue weighted by Gasteiger charge is -2.15. The first kappa shape index (κ1) is 15.8. The summed E-state index contributed by atoms with van der Waals surface area (Å²) in [5, 5.41) is 12.6. The van der Waals surface area contributed by atoms with Crippen molar-refractivity contribution < 1.29 is 14.7 Å². The lowest BCUT2D eigenvalue weighted by Crippen LogP contribution is -2.26. The van der Waals surface area contributed by atoms with Gasteiger partial charge in [-0.15, -0.1) is 11.3 Å². The number of benzene rings is 1. The molecule has 1 heterocycles. The van der Waals surface area contributed by atoms with Gasteiger partial charge in [0.25, 0.3) is 5.91 Å². The summed E-state index contributed by atoms with van der Waals surface area (Å²) in [6.45, 7) is 1.79. The molecule has 0 saturated heterocycles. The van der Waals surface area contributed by atoms with Crippen LogP contribution in [0.5, 0.6) is 0 Å². The highest BCUT2D eigenvalue weighted by Gasteiger charge is 2.17. The highest BCUT2D eigenvalue weighted by molar-refractivity contribution is 7.15. The SMILES string of the molecule is CC(NC(=O)c1ccc(C(=O)O)s1)c1ccc(Cl)cc1Cl. The number of hydrogen-bond donors (Lipinski definition) is 2. The Morgan fingerprint density at radius 2 is 1.86 bits per heavy atom.